The molecule has 33 heavy (non-hydrogen) atoms. The molecule has 0 saturated heterocycles. The number of rotatable bonds is 7. The number of amidine groups is 1. The fourth-order valence-electron chi connectivity index (χ4n) is 2.64. The number of aryl methyl sites for hydroxylation is 1. The van der Waals surface area contributed by atoms with E-state index in [4.69, 9.17) is 9.47 Å². The summed E-state index contributed by atoms with van der Waals surface area (Å²) >= 11 is 1.22. The predicted molar refractivity (Wildman–Crippen MR) is 118 cm³/mol. The molecule has 1 aromatic carbocycles. The molecule has 0 unspecified atom stereocenters. The first kappa shape index (κ1) is 26.1. The van der Waals surface area contributed by atoms with Crippen LogP contribution in [0.25, 0.3) is 0 Å². The van der Waals surface area contributed by atoms with Crippen LogP contribution in [-0.4, -0.2) is 36.9 Å². The van der Waals surface area contributed by atoms with E-state index in [0.717, 1.165) is 4.88 Å². The zero-order valence-electron chi connectivity index (χ0n) is 18.7. The van der Waals surface area contributed by atoms with Gasteiger partial charge in [0.15, 0.2) is 10.6 Å². The summed E-state index contributed by atoms with van der Waals surface area (Å²) < 4.78 is 50.7. The summed E-state index contributed by atoms with van der Waals surface area (Å²) in [4.78, 5) is 9.29. The maximum atomic E-state index is 12.9. The van der Waals surface area contributed by atoms with Crippen molar-refractivity contribution < 1.29 is 22.6 Å². The maximum Gasteiger partial charge on any atom is 0.390 e. The van der Waals surface area contributed by atoms with Gasteiger partial charge in [-0.05, 0) is 23.6 Å². The quantitative estimate of drug-likeness (QED) is 0.252. The molecule has 0 amide bonds. The van der Waals surface area contributed by atoms with E-state index in [-0.39, 0.29) is 40.3 Å². The van der Waals surface area contributed by atoms with E-state index in [2.05, 4.69) is 9.98 Å². The molecule has 7 nitrogen and oxygen atoms in total. The number of hydrogen-bond acceptors (Lipinski definition) is 6. The second-order valence-corrected chi connectivity index (χ2v) is 9.01. The third kappa shape index (κ3) is 7.74. The fraction of sp³-hybridized carbons (Fsp3) is 0.455. The van der Waals surface area contributed by atoms with Crippen molar-refractivity contribution in [3.05, 3.63) is 45.2 Å². The lowest BCUT2D eigenvalue weighted by Crippen LogP contribution is -2.21. The molecule has 1 aromatic heterocycles. The highest BCUT2D eigenvalue weighted by atomic mass is 32.1. The number of thiazole rings is 1. The lowest BCUT2D eigenvalue weighted by Gasteiger charge is -2.14. The van der Waals surface area contributed by atoms with E-state index in [9.17, 15) is 23.7 Å². The predicted octanol–water partition coefficient (Wildman–Crippen LogP) is 4.52. The van der Waals surface area contributed by atoms with Gasteiger partial charge in [-0.15, -0.1) is 11.3 Å². The lowest BCUT2D eigenvalue weighted by molar-refractivity contribution is -0.136. The number of hydrogen-bond donors (Lipinski definition) is 0. The molecule has 2 aromatic rings. The SMILES string of the molecule is COCCOc1ccc(C#N)cc1C(=NC#N)N=c1sc(C(C)(C)C)cn1CCC(F)(F)F. The molecule has 0 bridgehead atoms. The lowest BCUT2D eigenvalue weighted by atomic mass is 9.95. The molecule has 1 heterocycles. The smallest absolute Gasteiger partial charge is 0.390 e. The minimum Gasteiger partial charge on any atom is -0.490 e. The first-order valence-corrected chi connectivity index (χ1v) is 10.8. The van der Waals surface area contributed by atoms with Crippen LogP contribution in [0.5, 0.6) is 5.75 Å². The molecule has 0 N–H and O–H groups in total. The molecule has 0 spiro atoms. The normalized spacial score (nSPS) is 13.0. The number of methoxy groups -OCH3 is 1. The number of nitrogens with zero attached hydrogens (tertiary/aromatic N) is 5. The number of aliphatic imine (C=N–C) groups is 1. The van der Waals surface area contributed by atoms with Crippen LogP contribution in [0.4, 0.5) is 13.2 Å². The third-order valence-electron chi connectivity index (χ3n) is 4.35. The van der Waals surface area contributed by atoms with E-state index in [1.54, 1.807) is 24.5 Å². The van der Waals surface area contributed by atoms with Gasteiger partial charge in [-0.3, -0.25) is 0 Å². The Morgan fingerprint density at radius 1 is 1.18 bits per heavy atom. The summed E-state index contributed by atoms with van der Waals surface area (Å²) in [7, 11) is 1.52. The van der Waals surface area contributed by atoms with Gasteiger partial charge < -0.3 is 14.0 Å². The molecule has 0 aliphatic carbocycles. The Morgan fingerprint density at radius 2 is 1.91 bits per heavy atom. The second kappa shape index (κ2) is 11.1. The Balaban J connectivity index is 2.65. The first-order valence-electron chi connectivity index (χ1n) is 9.93. The van der Waals surface area contributed by atoms with Crippen molar-refractivity contribution in [3.63, 3.8) is 0 Å². The van der Waals surface area contributed by atoms with E-state index < -0.39 is 12.6 Å². The van der Waals surface area contributed by atoms with E-state index in [1.165, 1.54) is 29.1 Å². The van der Waals surface area contributed by atoms with Crippen molar-refractivity contribution in [3.8, 4) is 18.0 Å². The summed E-state index contributed by atoms with van der Waals surface area (Å²) in [5.74, 6) is 0.253. The van der Waals surface area contributed by atoms with Crippen LogP contribution < -0.4 is 9.54 Å². The zero-order chi connectivity index (χ0) is 24.6. The molecular formula is C22H24F3N5O2S. The third-order valence-corrected chi connectivity index (χ3v) is 5.79. The van der Waals surface area contributed by atoms with Crippen LogP contribution >= 0.6 is 11.3 Å². The van der Waals surface area contributed by atoms with Crippen LogP contribution in [0.15, 0.2) is 34.4 Å². The van der Waals surface area contributed by atoms with Crippen molar-refractivity contribution in [2.45, 2.75) is 45.3 Å². The molecule has 0 aliphatic rings. The highest BCUT2D eigenvalue weighted by Gasteiger charge is 2.27. The summed E-state index contributed by atoms with van der Waals surface area (Å²) in [6.45, 7) is 6.01. The minimum atomic E-state index is -4.33. The molecular weight excluding hydrogens is 455 g/mol. The van der Waals surface area contributed by atoms with Gasteiger partial charge in [0.25, 0.3) is 0 Å². The molecule has 0 aliphatic heterocycles. The standard InChI is InChI=1S/C22H24F3N5O2S/c1-21(2,3)18-13-30(8-7-22(23,24)25)20(33-18)29-19(28-14-27)16-11-15(12-26)5-6-17(16)32-10-9-31-4/h5-6,11,13H,7-10H2,1-4H3. The summed E-state index contributed by atoms with van der Waals surface area (Å²) in [5, 5.41) is 18.5. The Morgan fingerprint density at radius 3 is 2.48 bits per heavy atom. The number of ether oxygens (including phenoxy) is 2. The average Bonchev–Trinajstić information content (AvgIpc) is 3.15. The molecule has 0 saturated carbocycles. The van der Waals surface area contributed by atoms with Gasteiger partial charge in [0.2, 0.25) is 6.19 Å². The fourth-order valence-corrected chi connectivity index (χ4v) is 3.72. The number of nitriles is 2. The topological polar surface area (TPSA) is 95.7 Å². The van der Waals surface area contributed by atoms with Crippen LogP contribution in [-0.2, 0) is 16.7 Å². The Kier molecular flexibility index (Phi) is 8.80. The van der Waals surface area contributed by atoms with Gasteiger partial charge in [-0.2, -0.15) is 33.7 Å². The zero-order valence-corrected chi connectivity index (χ0v) is 19.5. The summed E-state index contributed by atoms with van der Waals surface area (Å²) in [6.07, 6.45) is -2.04. The van der Waals surface area contributed by atoms with Gasteiger partial charge in [0.1, 0.15) is 12.4 Å². The summed E-state index contributed by atoms with van der Waals surface area (Å²) in [5.41, 5.74) is 0.247. The number of halogens is 3. The van der Waals surface area contributed by atoms with Crippen molar-refractivity contribution in [1.82, 2.24) is 4.57 Å². The number of aromatic nitrogens is 1. The monoisotopic (exact) mass is 479 g/mol. The van der Waals surface area contributed by atoms with Crippen molar-refractivity contribution in [2.24, 2.45) is 9.98 Å². The number of benzene rings is 1. The molecule has 11 heteroatoms. The van der Waals surface area contributed by atoms with Gasteiger partial charge in [-0.25, -0.2) is 0 Å². The van der Waals surface area contributed by atoms with Gasteiger partial charge in [0, 0.05) is 24.7 Å². The largest absolute Gasteiger partial charge is 0.490 e. The van der Waals surface area contributed by atoms with Crippen LogP contribution in [0, 0.1) is 22.8 Å². The van der Waals surface area contributed by atoms with Crippen LogP contribution in [0.2, 0.25) is 0 Å². The van der Waals surface area contributed by atoms with E-state index in [0.29, 0.717) is 12.4 Å². The molecule has 0 radical (unpaired) electrons. The Labute approximate surface area is 194 Å². The highest BCUT2D eigenvalue weighted by Crippen LogP contribution is 2.26. The Hall–Kier alpha value is -3.15. The minimum absolute atomic E-state index is 0.0647. The van der Waals surface area contributed by atoms with Crippen molar-refractivity contribution in [2.75, 3.05) is 20.3 Å². The van der Waals surface area contributed by atoms with Crippen LogP contribution in [0.3, 0.4) is 0 Å². The van der Waals surface area contributed by atoms with Crippen LogP contribution in [0.1, 0.15) is 43.2 Å². The average molecular weight is 480 g/mol. The van der Waals surface area contributed by atoms with Gasteiger partial charge in [0.05, 0.1) is 30.2 Å². The number of alkyl halides is 3. The molecule has 0 atom stereocenters. The van der Waals surface area contributed by atoms with E-state index in [1.807, 2.05) is 26.8 Å². The summed E-state index contributed by atoms with van der Waals surface area (Å²) in [6, 6.07) is 6.58. The molecule has 2 rings (SSSR count). The van der Waals surface area contributed by atoms with Crippen molar-refractivity contribution >= 4 is 17.2 Å². The Bertz CT molecular complexity index is 1140. The maximum absolute atomic E-state index is 12.9. The van der Waals surface area contributed by atoms with E-state index >= 15 is 0 Å². The molecule has 0 fully saturated rings. The highest BCUT2D eigenvalue weighted by molar-refractivity contribution is 7.09. The second-order valence-electron chi connectivity index (χ2n) is 8.00. The van der Waals surface area contributed by atoms with Gasteiger partial charge >= 0.3 is 6.18 Å². The first-order chi connectivity index (χ1) is 15.5. The van der Waals surface area contributed by atoms with Crippen molar-refractivity contribution in [1.29, 1.82) is 10.5 Å². The van der Waals surface area contributed by atoms with Gasteiger partial charge in [-0.1, -0.05) is 20.8 Å². The molecule has 176 valence electrons.